The average Bonchev–Trinajstić information content (AvgIpc) is 3.14. The molecule has 0 amide bonds. The number of para-hydroxylation sites is 1. The van der Waals surface area contributed by atoms with E-state index in [1.807, 2.05) is 24.3 Å². The second-order valence-electron chi connectivity index (χ2n) is 6.96. The van der Waals surface area contributed by atoms with E-state index in [0.717, 1.165) is 61.0 Å². The molecule has 0 unspecified atom stereocenters. The molecule has 28 heavy (non-hydrogen) atoms. The number of hydrogen-bond donors (Lipinski definition) is 1. The third kappa shape index (κ3) is 4.29. The van der Waals surface area contributed by atoms with Crippen molar-refractivity contribution in [2.24, 2.45) is 0 Å². The highest BCUT2D eigenvalue weighted by Gasteiger charge is 2.18. The van der Waals surface area contributed by atoms with Gasteiger partial charge in [0.05, 0.1) is 12.8 Å². The highest BCUT2D eigenvalue weighted by Crippen LogP contribution is 2.26. The number of nitrogens with one attached hydrogen (secondary N) is 1. The number of H-pyrrole nitrogens is 1. The van der Waals surface area contributed by atoms with Crippen molar-refractivity contribution in [1.82, 2.24) is 9.88 Å². The molecule has 0 bridgehead atoms. The molecule has 2 aromatic carbocycles. The third-order valence-electron chi connectivity index (χ3n) is 5.25. The maximum absolute atomic E-state index is 12.0. The lowest BCUT2D eigenvalue weighted by Gasteiger charge is -2.36. The van der Waals surface area contributed by atoms with Crippen molar-refractivity contribution >= 4 is 17.0 Å². The molecule has 1 aliphatic heterocycles. The van der Waals surface area contributed by atoms with Gasteiger partial charge in [-0.15, -0.1) is 0 Å². The molecule has 6 heteroatoms. The number of anilines is 1. The minimum atomic E-state index is 0.00900. The molecular formula is C22H25N3O2S. The Balaban J connectivity index is 1.37. The predicted octanol–water partition coefficient (Wildman–Crippen LogP) is 3.48. The van der Waals surface area contributed by atoms with Crippen LogP contribution >= 0.6 is 11.3 Å². The van der Waals surface area contributed by atoms with Crippen LogP contribution < -0.4 is 14.5 Å². The van der Waals surface area contributed by atoms with E-state index in [9.17, 15) is 4.79 Å². The van der Waals surface area contributed by atoms with Gasteiger partial charge >= 0.3 is 4.87 Å². The van der Waals surface area contributed by atoms with E-state index in [0.29, 0.717) is 0 Å². The van der Waals surface area contributed by atoms with Gasteiger partial charge in [-0.05, 0) is 48.4 Å². The van der Waals surface area contributed by atoms with Gasteiger partial charge in [-0.25, -0.2) is 0 Å². The molecular weight excluding hydrogens is 370 g/mol. The zero-order chi connectivity index (χ0) is 19.3. The number of aromatic nitrogens is 1. The third-order valence-corrected chi connectivity index (χ3v) is 6.19. The van der Waals surface area contributed by atoms with Crippen molar-refractivity contribution in [3.8, 4) is 17.0 Å². The minimum Gasteiger partial charge on any atom is -0.497 e. The number of thiazole rings is 1. The molecule has 1 aromatic heterocycles. The van der Waals surface area contributed by atoms with E-state index in [1.165, 1.54) is 17.0 Å². The molecule has 3 aromatic rings. The molecule has 0 spiro atoms. The number of aromatic amines is 1. The van der Waals surface area contributed by atoms with Crippen molar-refractivity contribution in [2.45, 2.75) is 6.42 Å². The summed E-state index contributed by atoms with van der Waals surface area (Å²) < 4.78 is 5.23. The lowest BCUT2D eigenvalue weighted by atomic mass is 10.1. The van der Waals surface area contributed by atoms with Crippen LogP contribution in [0.3, 0.4) is 0 Å². The molecule has 1 N–H and O–H groups in total. The lowest BCUT2D eigenvalue weighted by molar-refractivity contribution is 0.261. The molecule has 146 valence electrons. The van der Waals surface area contributed by atoms with Crippen molar-refractivity contribution in [2.75, 3.05) is 44.7 Å². The minimum absolute atomic E-state index is 0.00900. The number of benzene rings is 2. The standard InChI is InChI=1S/C22H25N3O2S/c1-27-19-9-7-17(8-10-19)21-20(28-22(26)23-21)11-12-24-13-15-25(16-14-24)18-5-3-2-4-6-18/h2-10H,11-16H2,1H3,(H,23,26). The van der Waals surface area contributed by atoms with Crippen LogP contribution in [0.1, 0.15) is 4.88 Å². The summed E-state index contributed by atoms with van der Waals surface area (Å²) in [4.78, 5) is 21.0. The number of piperazine rings is 1. The van der Waals surface area contributed by atoms with Crippen LogP contribution in [-0.2, 0) is 6.42 Å². The van der Waals surface area contributed by atoms with Gasteiger partial charge < -0.3 is 14.6 Å². The first-order valence-electron chi connectivity index (χ1n) is 9.62. The van der Waals surface area contributed by atoms with Crippen LogP contribution in [0.4, 0.5) is 5.69 Å². The summed E-state index contributed by atoms with van der Waals surface area (Å²) in [5.74, 6) is 0.819. The highest BCUT2D eigenvalue weighted by atomic mass is 32.1. The van der Waals surface area contributed by atoms with Gasteiger partial charge in [0.25, 0.3) is 0 Å². The molecule has 1 aliphatic rings. The lowest BCUT2D eigenvalue weighted by Crippen LogP contribution is -2.46. The fraction of sp³-hybridized carbons (Fsp3) is 0.318. The Morgan fingerprint density at radius 2 is 1.71 bits per heavy atom. The van der Waals surface area contributed by atoms with Gasteiger partial charge in [0.1, 0.15) is 5.75 Å². The first-order chi connectivity index (χ1) is 13.7. The molecule has 4 rings (SSSR count). The first-order valence-corrected chi connectivity index (χ1v) is 10.4. The van der Waals surface area contributed by atoms with E-state index in [1.54, 1.807) is 7.11 Å². The summed E-state index contributed by atoms with van der Waals surface area (Å²) in [6, 6.07) is 18.4. The molecule has 1 fully saturated rings. The topological polar surface area (TPSA) is 48.6 Å². The summed E-state index contributed by atoms with van der Waals surface area (Å²) in [5.41, 5.74) is 3.27. The van der Waals surface area contributed by atoms with E-state index >= 15 is 0 Å². The van der Waals surface area contributed by atoms with E-state index in [4.69, 9.17) is 4.74 Å². The molecule has 0 aliphatic carbocycles. The van der Waals surface area contributed by atoms with Crippen molar-refractivity contribution in [1.29, 1.82) is 0 Å². The molecule has 0 radical (unpaired) electrons. The van der Waals surface area contributed by atoms with E-state index in [-0.39, 0.29) is 4.87 Å². The Morgan fingerprint density at radius 1 is 1.00 bits per heavy atom. The normalized spacial score (nSPS) is 15.0. The van der Waals surface area contributed by atoms with Gasteiger partial charge in [-0.1, -0.05) is 29.5 Å². The van der Waals surface area contributed by atoms with Gasteiger partial charge in [0, 0.05) is 43.3 Å². The van der Waals surface area contributed by atoms with Gasteiger partial charge in [-0.3, -0.25) is 9.69 Å². The van der Waals surface area contributed by atoms with Crippen LogP contribution in [0.2, 0.25) is 0 Å². The number of hydrogen-bond acceptors (Lipinski definition) is 5. The second kappa shape index (κ2) is 8.63. The van der Waals surface area contributed by atoms with Gasteiger partial charge in [0.2, 0.25) is 0 Å². The number of nitrogens with zero attached hydrogens (tertiary/aromatic N) is 2. The van der Waals surface area contributed by atoms with Crippen molar-refractivity contribution in [3.63, 3.8) is 0 Å². The molecule has 0 saturated carbocycles. The monoisotopic (exact) mass is 395 g/mol. The van der Waals surface area contributed by atoms with Crippen LogP contribution in [0.25, 0.3) is 11.3 Å². The fourth-order valence-electron chi connectivity index (χ4n) is 3.66. The van der Waals surface area contributed by atoms with Crippen LogP contribution in [0.15, 0.2) is 59.4 Å². The van der Waals surface area contributed by atoms with Gasteiger partial charge in [-0.2, -0.15) is 0 Å². The van der Waals surface area contributed by atoms with Crippen LogP contribution in [0.5, 0.6) is 5.75 Å². The smallest absolute Gasteiger partial charge is 0.305 e. The van der Waals surface area contributed by atoms with Crippen molar-refractivity contribution < 1.29 is 4.74 Å². The fourth-order valence-corrected chi connectivity index (χ4v) is 4.50. The number of ether oxygens (including phenoxy) is 1. The highest BCUT2D eigenvalue weighted by molar-refractivity contribution is 7.09. The van der Waals surface area contributed by atoms with Gasteiger partial charge in [0.15, 0.2) is 0 Å². The van der Waals surface area contributed by atoms with Crippen LogP contribution in [0, 0.1) is 0 Å². The Hall–Kier alpha value is -2.57. The Bertz CT molecular complexity index is 942. The molecule has 1 saturated heterocycles. The van der Waals surface area contributed by atoms with E-state index in [2.05, 4.69) is 45.1 Å². The maximum atomic E-state index is 12.0. The number of methoxy groups -OCH3 is 1. The quantitative estimate of drug-likeness (QED) is 0.694. The average molecular weight is 396 g/mol. The Labute approximate surface area is 169 Å². The Morgan fingerprint density at radius 3 is 2.39 bits per heavy atom. The predicted molar refractivity (Wildman–Crippen MR) is 116 cm³/mol. The summed E-state index contributed by atoms with van der Waals surface area (Å²) in [6.07, 6.45) is 0.885. The summed E-state index contributed by atoms with van der Waals surface area (Å²) in [6.45, 7) is 5.15. The zero-order valence-corrected chi connectivity index (χ0v) is 16.9. The summed E-state index contributed by atoms with van der Waals surface area (Å²) in [5, 5.41) is 0. The molecule has 5 nitrogen and oxygen atoms in total. The van der Waals surface area contributed by atoms with Crippen molar-refractivity contribution in [3.05, 3.63) is 69.1 Å². The van der Waals surface area contributed by atoms with E-state index < -0.39 is 0 Å². The summed E-state index contributed by atoms with van der Waals surface area (Å²) in [7, 11) is 1.66. The largest absolute Gasteiger partial charge is 0.497 e. The maximum Gasteiger partial charge on any atom is 0.305 e. The molecule has 2 heterocycles. The van der Waals surface area contributed by atoms with Crippen LogP contribution in [-0.4, -0.2) is 49.7 Å². The first kappa shape index (κ1) is 18.8. The number of rotatable bonds is 6. The Kier molecular flexibility index (Phi) is 5.78. The second-order valence-corrected chi connectivity index (χ2v) is 8.02. The summed E-state index contributed by atoms with van der Waals surface area (Å²) >= 11 is 1.33. The zero-order valence-electron chi connectivity index (χ0n) is 16.1. The molecule has 0 atom stereocenters. The SMILES string of the molecule is COc1ccc(-c2[nH]c(=O)sc2CCN2CCN(c3ccccc3)CC2)cc1.